The zero-order valence-corrected chi connectivity index (χ0v) is 16.6. The van der Waals surface area contributed by atoms with Crippen LogP contribution in [0.1, 0.15) is 44.9 Å². The third-order valence-corrected chi connectivity index (χ3v) is 6.60. The first-order valence-electron chi connectivity index (χ1n) is 10.5. The summed E-state index contributed by atoms with van der Waals surface area (Å²) >= 11 is 0. The Bertz CT molecular complexity index is 729. The Balaban J connectivity index is 1.13. The number of hydrogen-bond acceptors (Lipinski definition) is 4. The lowest BCUT2D eigenvalue weighted by molar-refractivity contribution is -0.134. The summed E-state index contributed by atoms with van der Waals surface area (Å²) in [4.78, 5) is 36.1. The molecule has 4 aliphatic rings. The third-order valence-electron chi connectivity index (χ3n) is 6.60. The van der Waals surface area contributed by atoms with Crippen LogP contribution in [-0.2, 0) is 14.4 Å². The molecule has 3 N–H and O–H groups in total. The molecule has 29 heavy (non-hydrogen) atoms. The van der Waals surface area contributed by atoms with E-state index in [0.29, 0.717) is 12.2 Å². The van der Waals surface area contributed by atoms with Crippen LogP contribution in [0, 0.1) is 23.2 Å². The predicted octanol–water partition coefficient (Wildman–Crippen LogP) is 1.94. The van der Waals surface area contributed by atoms with Crippen LogP contribution in [0.4, 0.5) is 0 Å². The van der Waals surface area contributed by atoms with Crippen LogP contribution in [-0.4, -0.2) is 30.9 Å². The van der Waals surface area contributed by atoms with Gasteiger partial charge in [-0.2, -0.15) is 0 Å². The summed E-state index contributed by atoms with van der Waals surface area (Å²) in [6, 6.07) is 8.98. The van der Waals surface area contributed by atoms with E-state index in [1.54, 1.807) is 12.1 Å². The Morgan fingerprint density at radius 3 is 2.07 bits per heavy atom. The van der Waals surface area contributed by atoms with Crippen molar-refractivity contribution in [2.24, 2.45) is 23.2 Å². The van der Waals surface area contributed by atoms with E-state index in [0.717, 1.165) is 37.0 Å². The first kappa shape index (κ1) is 19.7. The van der Waals surface area contributed by atoms with Gasteiger partial charge in [0.05, 0.1) is 6.54 Å². The topological polar surface area (TPSA) is 96.5 Å². The van der Waals surface area contributed by atoms with Gasteiger partial charge in [-0.05, 0) is 73.8 Å². The second-order valence-electron chi connectivity index (χ2n) is 9.07. The molecule has 0 atom stereocenters. The number of hydrazine groups is 1. The van der Waals surface area contributed by atoms with Gasteiger partial charge in [-0.3, -0.25) is 25.2 Å². The smallest absolute Gasteiger partial charge is 0.258 e. The minimum absolute atomic E-state index is 0.132. The van der Waals surface area contributed by atoms with Gasteiger partial charge in [-0.25, -0.2) is 0 Å². The number of benzene rings is 1. The molecular weight excluding hydrogens is 370 g/mol. The minimum Gasteiger partial charge on any atom is -0.484 e. The van der Waals surface area contributed by atoms with Gasteiger partial charge in [-0.1, -0.05) is 18.2 Å². The minimum atomic E-state index is -0.461. The normalized spacial score (nSPS) is 29.2. The molecule has 0 heterocycles. The van der Waals surface area contributed by atoms with Crippen molar-refractivity contribution in [3.8, 4) is 5.75 Å². The van der Waals surface area contributed by atoms with E-state index < -0.39 is 11.8 Å². The molecule has 0 spiro atoms. The van der Waals surface area contributed by atoms with Gasteiger partial charge < -0.3 is 10.1 Å². The Kier molecular flexibility index (Phi) is 5.74. The molecule has 1 aromatic rings. The highest BCUT2D eigenvalue weighted by molar-refractivity contribution is 5.87. The molecule has 5 rings (SSSR count). The molecule has 7 nitrogen and oxygen atoms in total. The van der Waals surface area contributed by atoms with Crippen LogP contribution >= 0.6 is 0 Å². The second-order valence-corrected chi connectivity index (χ2v) is 9.07. The van der Waals surface area contributed by atoms with Gasteiger partial charge in [0.25, 0.3) is 11.8 Å². The van der Waals surface area contributed by atoms with Crippen molar-refractivity contribution >= 4 is 17.7 Å². The summed E-state index contributed by atoms with van der Waals surface area (Å²) in [7, 11) is 0. The molecule has 0 aliphatic heterocycles. The predicted molar refractivity (Wildman–Crippen MR) is 106 cm³/mol. The fourth-order valence-corrected chi connectivity index (χ4v) is 5.97. The third kappa shape index (κ3) is 5.08. The molecule has 4 bridgehead atoms. The molecule has 0 aromatic heterocycles. The Morgan fingerprint density at radius 2 is 1.45 bits per heavy atom. The Hall–Kier alpha value is -2.57. The summed E-state index contributed by atoms with van der Waals surface area (Å²) in [5.74, 6) is 1.95. The lowest BCUT2D eigenvalue weighted by Crippen LogP contribution is -2.51. The zero-order valence-electron chi connectivity index (χ0n) is 16.6. The average molecular weight is 399 g/mol. The number of nitrogens with one attached hydrogen (secondary N) is 3. The number of hydrogen-bond donors (Lipinski definition) is 3. The highest BCUT2D eigenvalue weighted by atomic mass is 16.5. The van der Waals surface area contributed by atoms with Crippen LogP contribution in [0.3, 0.4) is 0 Å². The molecule has 4 fully saturated rings. The van der Waals surface area contributed by atoms with Gasteiger partial charge in [-0.15, -0.1) is 0 Å². The maximum absolute atomic E-state index is 12.4. The van der Waals surface area contributed by atoms with E-state index in [9.17, 15) is 14.4 Å². The van der Waals surface area contributed by atoms with Crippen LogP contribution in [0.5, 0.6) is 5.75 Å². The maximum atomic E-state index is 12.4. The molecule has 0 radical (unpaired) electrons. The van der Waals surface area contributed by atoms with Gasteiger partial charge in [0.1, 0.15) is 5.75 Å². The highest BCUT2D eigenvalue weighted by Gasteiger charge is 2.51. The van der Waals surface area contributed by atoms with Crippen molar-refractivity contribution in [3.63, 3.8) is 0 Å². The standard InChI is InChI=1S/C22H29N3O4/c26-19(12-22-9-15-6-16(10-22)8-17(7-15)11-22)24-25-20(27)13-23-21(28)14-29-18-4-2-1-3-5-18/h1-5,15-17H,6-14H2,(H,23,28)(H,24,26)(H,25,27). The van der Waals surface area contributed by atoms with E-state index in [2.05, 4.69) is 16.2 Å². The number of carbonyl (C=O) groups is 3. The molecule has 7 heteroatoms. The molecule has 0 saturated heterocycles. The summed E-state index contributed by atoms with van der Waals surface area (Å²) in [5.41, 5.74) is 5.05. The summed E-state index contributed by atoms with van der Waals surface area (Å²) < 4.78 is 5.32. The highest BCUT2D eigenvalue weighted by Crippen LogP contribution is 2.61. The maximum Gasteiger partial charge on any atom is 0.258 e. The van der Waals surface area contributed by atoms with Crippen molar-refractivity contribution in [1.82, 2.24) is 16.2 Å². The number of para-hydroxylation sites is 1. The van der Waals surface area contributed by atoms with E-state index in [4.69, 9.17) is 4.74 Å². The SMILES string of the molecule is O=C(COc1ccccc1)NCC(=O)NNC(=O)CC12CC3CC(CC(C3)C1)C2. The van der Waals surface area contributed by atoms with Crippen molar-refractivity contribution in [3.05, 3.63) is 30.3 Å². The Labute approximate surface area is 170 Å². The van der Waals surface area contributed by atoms with Crippen molar-refractivity contribution in [2.75, 3.05) is 13.2 Å². The molecular formula is C22H29N3O4. The summed E-state index contributed by atoms with van der Waals surface area (Å²) in [6.07, 6.45) is 7.95. The van der Waals surface area contributed by atoms with Gasteiger partial charge >= 0.3 is 0 Å². The molecule has 4 saturated carbocycles. The average Bonchev–Trinajstić information content (AvgIpc) is 2.68. The van der Waals surface area contributed by atoms with Crippen LogP contribution in [0.15, 0.2) is 30.3 Å². The molecule has 0 unspecified atom stereocenters. The van der Waals surface area contributed by atoms with Crippen LogP contribution in [0.25, 0.3) is 0 Å². The van der Waals surface area contributed by atoms with Crippen molar-refractivity contribution in [2.45, 2.75) is 44.9 Å². The molecule has 156 valence electrons. The first-order chi connectivity index (χ1) is 14.0. The monoisotopic (exact) mass is 399 g/mol. The van der Waals surface area contributed by atoms with Crippen molar-refractivity contribution < 1.29 is 19.1 Å². The lowest BCUT2D eigenvalue weighted by Gasteiger charge is -2.56. The quantitative estimate of drug-likeness (QED) is 0.611. The van der Waals surface area contributed by atoms with Gasteiger partial charge in [0.15, 0.2) is 6.61 Å². The van der Waals surface area contributed by atoms with Crippen molar-refractivity contribution in [1.29, 1.82) is 0 Å². The second kappa shape index (κ2) is 8.43. The number of ether oxygens (including phenoxy) is 1. The number of amides is 3. The fraction of sp³-hybridized carbons (Fsp3) is 0.591. The van der Waals surface area contributed by atoms with E-state index >= 15 is 0 Å². The van der Waals surface area contributed by atoms with Gasteiger partial charge in [0.2, 0.25) is 5.91 Å². The van der Waals surface area contributed by atoms with Crippen LogP contribution < -0.4 is 20.9 Å². The van der Waals surface area contributed by atoms with Crippen LogP contribution in [0.2, 0.25) is 0 Å². The van der Waals surface area contributed by atoms with Gasteiger partial charge in [0, 0.05) is 6.42 Å². The zero-order chi connectivity index (χ0) is 20.3. The summed E-state index contributed by atoms with van der Waals surface area (Å²) in [5, 5.41) is 2.48. The largest absolute Gasteiger partial charge is 0.484 e. The van der Waals surface area contributed by atoms with E-state index in [1.165, 1.54) is 19.3 Å². The lowest BCUT2D eigenvalue weighted by atomic mass is 9.49. The number of carbonyl (C=O) groups excluding carboxylic acids is 3. The molecule has 4 aliphatic carbocycles. The molecule has 3 amide bonds. The van der Waals surface area contributed by atoms with E-state index in [1.807, 2.05) is 18.2 Å². The van der Waals surface area contributed by atoms with E-state index in [-0.39, 0.29) is 24.5 Å². The number of rotatable bonds is 7. The fourth-order valence-electron chi connectivity index (χ4n) is 5.97. The Morgan fingerprint density at radius 1 is 0.862 bits per heavy atom. The summed E-state index contributed by atoms with van der Waals surface area (Å²) in [6.45, 7) is -0.385. The molecule has 1 aromatic carbocycles. The first-order valence-corrected chi connectivity index (χ1v) is 10.5.